The number of fused-ring (bicyclic) bond motifs is 3. The number of hydrogen-bond acceptors (Lipinski definition) is 10. The number of ketones is 2. The van der Waals surface area contributed by atoms with Crippen LogP contribution in [0.3, 0.4) is 0 Å². The van der Waals surface area contributed by atoms with Crippen molar-refractivity contribution in [2.45, 2.75) is 103 Å². The van der Waals surface area contributed by atoms with Gasteiger partial charge in [0.1, 0.15) is 23.3 Å². The van der Waals surface area contributed by atoms with E-state index in [0.717, 1.165) is 29.4 Å². The summed E-state index contributed by atoms with van der Waals surface area (Å²) in [7, 11) is 0. The second kappa shape index (κ2) is 13.9. The molecule has 0 aromatic heterocycles. The first-order chi connectivity index (χ1) is 25.5. The Bertz CT molecular complexity index is 2030. The Labute approximate surface area is 314 Å². The Morgan fingerprint density at radius 2 is 1.07 bits per heavy atom. The van der Waals surface area contributed by atoms with E-state index in [2.05, 4.69) is 0 Å². The van der Waals surface area contributed by atoms with Crippen LogP contribution < -0.4 is 0 Å². The third-order valence-corrected chi connectivity index (χ3v) is 10.4. The maximum Gasteiger partial charge on any atom is 0.411 e. The van der Waals surface area contributed by atoms with E-state index in [0.29, 0.717) is 29.4 Å². The Balaban J connectivity index is 0.976. The first-order valence-electron chi connectivity index (χ1n) is 18.5. The molecular weight excluding hydrogens is 692 g/mol. The summed E-state index contributed by atoms with van der Waals surface area (Å²) in [6.45, 7) is 9.69. The highest BCUT2D eigenvalue weighted by Crippen LogP contribution is 2.49. The van der Waals surface area contributed by atoms with E-state index in [-0.39, 0.29) is 35.5 Å². The molecule has 0 radical (unpaired) electrons. The molecule has 12 nitrogen and oxygen atoms in total. The number of likely N-dealkylation sites (tertiary alicyclic amines) is 2. The van der Waals surface area contributed by atoms with Crippen LogP contribution in [0.4, 0.5) is 9.59 Å². The third kappa shape index (κ3) is 7.69. The van der Waals surface area contributed by atoms with Crippen LogP contribution in [0.2, 0.25) is 0 Å². The Hall–Kier alpha value is -5.26. The number of hydrogen-bond donors (Lipinski definition) is 0. The molecule has 2 saturated heterocycles. The summed E-state index contributed by atoms with van der Waals surface area (Å²) < 4.78 is 22.0. The Morgan fingerprint density at radius 3 is 1.59 bits per heavy atom. The van der Waals surface area contributed by atoms with Gasteiger partial charge < -0.3 is 18.9 Å². The molecule has 7 rings (SSSR count). The molecule has 12 heteroatoms. The van der Waals surface area contributed by atoms with Gasteiger partial charge >= 0.3 is 24.1 Å². The quantitative estimate of drug-likeness (QED) is 0.131. The number of piperidine rings is 2. The van der Waals surface area contributed by atoms with Crippen LogP contribution in [0.15, 0.2) is 60.7 Å². The van der Waals surface area contributed by atoms with Crippen LogP contribution >= 0.6 is 0 Å². The second-order valence-corrected chi connectivity index (χ2v) is 16.7. The zero-order valence-corrected chi connectivity index (χ0v) is 31.5. The predicted octanol–water partition coefficient (Wildman–Crippen LogP) is 6.75. The summed E-state index contributed by atoms with van der Waals surface area (Å²) in [5, 5.41) is 1.46. The van der Waals surface area contributed by atoms with Crippen molar-refractivity contribution in [3.8, 4) is 11.1 Å². The maximum atomic E-state index is 13.5. The standard InChI is InChI=1S/C42H46N2O10/c1-41(2,3)53-39(49)43-31-17-25(31)19-33(43)37(47)51-21-35(45)24-15-13-23(14-16-24)27-9-7-11-29-28(27)10-8-12-30(29)36(46)22-52-38(48)34-20-26-18-32(26)44(34)40(50)54-42(4,5)6/h7-16,25-26,31-34H,17-22H2,1-6H3/t25-,26-,31-,32-,33+,34+/m1/s1. The molecule has 2 amide bonds. The van der Waals surface area contributed by atoms with Crippen molar-refractivity contribution in [1.82, 2.24) is 9.80 Å². The first kappa shape index (κ1) is 37.1. The van der Waals surface area contributed by atoms with Crippen molar-refractivity contribution >= 4 is 46.5 Å². The lowest BCUT2D eigenvalue weighted by atomic mass is 9.94. The van der Waals surface area contributed by atoms with E-state index < -0.39 is 60.6 Å². The summed E-state index contributed by atoms with van der Waals surface area (Å²) >= 11 is 0. The highest BCUT2D eigenvalue weighted by molar-refractivity contribution is 6.12. The maximum absolute atomic E-state index is 13.5. The zero-order valence-electron chi connectivity index (χ0n) is 31.5. The molecule has 54 heavy (non-hydrogen) atoms. The lowest BCUT2D eigenvalue weighted by molar-refractivity contribution is -0.148. The van der Waals surface area contributed by atoms with E-state index in [9.17, 15) is 28.8 Å². The minimum Gasteiger partial charge on any atom is -0.456 e. The molecule has 0 N–H and O–H groups in total. The molecule has 3 aromatic carbocycles. The Morgan fingerprint density at radius 1 is 0.593 bits per heavy atom. The monoisotopic (exact) mass is 738 g/mol. The normalized spacial score (nSPS) is 24.0. The van der Waals surface area contributed by atoms with Crippen molar-refractivity contribution in [2.75, 3.05) is 13.2 Å². The smallest absolute Gasteiger partial charge is 0.411 e. The molecular formula is C42H46N2O10. The minimum atomic E-state index is -0.787. The third-order valence-electron chi connectivity index (χ3n) is 10.4. The van der Waals surface area contributed by atoms with E-state index in [4.69, 9.17) is 18.9 Å². The lowest BCUT2D eigenvalue weighted by Gasteiger charge is -2.29. The van der Waals surface area contributed by atoms with Crippen LogP contribution in [0.25, 0.3) is 21.9 Å². The van der Waals surface area contributed by atoms with Crippen molar-refractivity contribution in [1.29, 1.82) is 0 Å². The molecule has 4 fully saturated rings. The van der Waals surface area contributed by atoms with Gasteiger partial charge in [-0.15, -0.1) is 0 Å². The topological polar surface area (TPSA) is 146 Å². The summed E-state index contributed by atoms with van der Waals surface area (Å²) in [6.07, 6.45) is 1.54. The summed E-state index contributed by atoms with van der Waals surface area (Å²) in [6, 6.07) is 16.2. The van der Waals surface area contributed by atoms with E-state index in [1.165, 1.54) is 9.80 Å². The van der Waals surface area contributed by atoms with Gasteiger partial charge in [0.05, 0.1) is 0 Å². The van der Waals surface area contributed by atoms with Gasteiger partial charge in [0.15, 0.2) is 19.0 Å². The van der Waals surface area contributed by atoms with Gasteiger partial charge in [0.25, 0.3) is 0 Å². The largest absolute Gasteiger partial charge is 0.456 e. The zero-order chi connectivity index (χ0) is 38.7. The van der Waals surface area contributed by atoms with Crippen molar-refractivity contribution in [2.24, 2.45) is 11.8 Å². The molecule has 0 spiro atoms. The number of benzene rings is 3. The number of nitrogens with zero attached hydrogens (tertiary/aromatic N) is 2. The predicted molar refractivity (Wildman–Crippen MR) is 197 cm³/mol. The molecule has 2 saturated carbocycles. The van der Waals surface area contributed by atoms with Gasteiger partial charge in [-0.2, -0.15) is 0 Å². The molecule has 284 valence electrons. The highest BCUT2D eigenvalue weighted by Gasteiger charge is 2.59. The van der Waals surface area contributed by atoms with Gasteiger partial charge in [-0.05, 0) is 101 Å². The molecule has 0 unspecified atom stereocenters. The number of Topliss-reactive ketones (excluding diaryl/α,β-unsaturated/α-hetero) is 2. The van der Waals surface area contributed by atoms with Crippen LogP contribution in [0.5, 0.6) is 0 Å². The number of rotatable bonds is 9. The van der Waals surface area contributed by atoms with Crippen LogP contribution in [0, 0.1) is 11.8 Å². The highest BCUT2D eigenvalue weighted by atomic mass is 16.6. The number of esters is 2. The van der Waals surface area contributed by atoms with Crippen LogP contribution in [-0.2, 0) is 28.5 Å². The van der Waals surface area contributed by atoms with E-state index >= 15 is 0 Å². The van der Waals surface area contributed by atoms with Crippen molar-refractivity contribution < 1.29 is 47.7 Å². The van der Waals surface area contributed by atoms with Gasteiger partial charge in [0.2, 0.25) is 5.78 Å². The second-order valence-electron chi connectivity index (χ2n) is 16.7. The summed E-state index contributed by atoms with van der Waals surface area (Å²) in [5.41, 5.74) is 0.956. The lowest BCUT2D eigenvalue weighted by Crippen LogP contribution is -2.46. The Kier molecular flexibility index (Phi) is 9.52. The van der Waals surface area contributed by atoms with Crippen molar-refractivity contribution in [3.05, 3.63) is 71.8 Å². The molecule has 2 heterocycles. The summed E-state index contributed by atoms with van der Waals surface area (Å²) in [4.78, 5) is 81.3. The average Bonchev–Trinajstić information content (AvgIpc) is 3.99. The molecule has 3 aromatic rings. The molecule has 4 aliphatic rings. The van der Waals surface area contributed by atoms with Crippen LogP contribution in [-0.4, -0.2) is 94.1 Å². The molecule has 6 atom stereocenters. The van der Waals surface area contributed by atoms with Crippen LogP contribution in [0.1, 0.15) is 87.9 Å². The van der Waals surface area contributed by atoms with Gasteiger partial charge in [-0.25, -0.2) is 19.2 Å². The average molecular weight is 739 g/mol. The van der Waals surface area contributed by atoms with Gasteiger partial charge in [-0.3, -0.25) is 19.4 Å². The number of amides is 2. The SMILES string of the molecule is CC(C)(C)OC(=O)N1[C@@H]2C[C@@H]2C[C@H]1C(=O)OCC(=O)c1ccc(-c2cccc3c(C(=O)COC(=O)[C@@H]4C[C@H]5C[C@H]5N4C(=O)OC(C)(C)C)cccc23)cc1. The molecule has 2 aliphatic heterocycles. The fourth-order valence-corrected chi connectivity index (χ4v) is 7.76. The fraction of sp³-hybridized carbons (Fsp3) is 0.476. The van der Waals surface area contributed by atoms with Crippen molar-refractivity contribution in [3.63, 3.8) is 0 Å². The van der Waals surface area contributed by atoms with Gasteiger partial charge in [-0.1, -0.05) is 60.7 Å². The first-order valence-corrected chi connectivity index (χ1v) is 18.5. The van der Waals surface area contributed by atoms with Gasteiger partial charge in [0, 0.05) is 23.2 Å². The number of carbonyl (C=O) groups excluding carboxylic acids is 6. The fourth-order valence-electron chi connectivity index (χ4n) is 7.76. The minimum absolute atomic E-state index is 0.0350. The summed E-state index contributed by atoms with van der Waals surface area (Å²) in [5.74, 6) is -1.53. The number of ether oxygens (including phenoxy) is 4. The molecule has 2 aliphatic carbocycles. The number of carbonyl (C=O) groups is 6. The van der Waals surface area contributed by atoms with E-state index in [1.54, 1.807) is 77.9 Å². The molecule has 0 bridgehead atoms. The van der Waals surface area contributed by atoms with E-state index in [1.807, 2.05) is 24.3 Å².